The van der Waals surface area contributed by atoms with Crippen LogP contribution in [0.25, 0.3) is 0 Å². The summed E-state index contributed by atoms with van der Waals surface area (Å²) in [5, 5.41) is 22.7. The lowest BCUT2D eigenvalue weighted by atomic mass is 9.44. The largest absolute Gasteiger partial charge is 0.391 e. The van der Waals surface area contributed by atoms with E-state index in [-0.39, 0.29) is 17.6 Å². The zero-order chi connectivity index (χ0) is 22.1. The third kappa shape index (κ3) is 3.28. The van der Waals surface area contributed by atoms with Gasteiger partial charge in [-0.05, 0) is 105 Å². The molecule has 5 nitrogen and oxygen atoms in total. The quantitative estimate of drug-likeness (QED) is 0.683. The summed E-state index contributed by atoms with van der Waals surface area (Å²) in [6, 6.07) is 0.699. The van der Waals surface area contributed by atoms with Crippen LogP contribution >= 0.6 is 0 Å². The fourth-order valence-electron chi connectivity index (χ4n) is 9.97. The van der Waals surface area contributed by atoms with Crippen molar-refractivity contribution in [2.45, 2.75) is 95.9 Å². The van der Waals surface area contributed by atoms with Crippen molar-refractivity contribution >= 4 is 0 Å². The first-order chi connectivity index (χ1) is 15.4. The first kappa shape index (κ1) is 22.3. The Morgan fingerprint density at radius 3 is 2.25 bits per heavy atom. The molecule has 4 aliphatic carbocycles. The van der Waals surface area contributed by atoms with Crippen LogP contribution in [-0.4, -0.2) is 83.7 Å². The molecule has 10 atom stereocenters. The standard InChI is InChI=1S/C27H46N2O3/c1-26-8-7-20-19(21(26)16-22(25(26)31)28-9-3-4-10-28)6-5-18-15-24(30)23(17-27(18,20)2)29-11-13-32-14-12-29/h18-25,30-31H,3-17H2,1-2H3/t18?,19?,20?,21?,22-,23+,24+,25+,26+,27+/m1/s1. The van der Waals surface area contributed by atoms with Gasteiger partial charge in [0.1, 0.15) is 0 Å². The number of likely N-dealkylation sites (tertiary alicyclic amines) is 1. The molecule has 2 heterocycles. The maximum absolute atomic E-state index is 11.5. The van der Waals surface area contributed by atoms with Crippen LogP contribution in [0.4, 0.5) is 0 Å². The van der Waals surface area contributed by atoms with Crippen LogP contribution in [0.1, 0.15) is 71.6 Å². The topological polar surface area (TPSA) is 56.2 Å². The minimum absolute atomic E-state index is 0.107. The van der Waals surface area contributed by atoms with Gasteiger partial charge in [0, 0.05) is 25.2 Å². The first-order valence-electron chi connectivity index (χ1n) is 13.8. The number of hydrogen-bond acceptors (Lipinski definition) is 5. The van der Waals surface area contributed by atoms with Crippen molar-refractivity contribution in [3.63, 3.8) is 0 Å². The summed E-state index contributed by atoms with van der Waals surface area (Å²) in [4.78, 5) is 5.16. The highest BCUT2D eigenvalue weighted by molar-refractivity contribution is 5.14. The van der Waals surface area contributed by atoms with E-state index in [9.17, 15) is 10.2 Å². The average Bonchev–Trinajstić information content (AvgIpc) is 3.41. The summed E-state index contributed by atoms with van der Waals surface area (Å²) >= 11 is 0. The SMILES string of the molecule is C[C@]12C[C@H](N3CCOCC3)[C@@H](O)CC1CCC1C2CC[C@@]2(C)C1C[C@@H](N1CCCC1)[C@@H]2O. The molecule has 5 heteroatoms. The molecule has 0 bridgehead atoms. The lowest BCUT2D eigenvalue weighted by Gasteiger charge is -2.62. The molecule has 6 aliphatic rings. The average molecular weight is 447 g/mol. The van der Waals surface area contributed by atoms with Crippen LogP contribution in [0.3, 0.4) is 0 Å². The van der Waals surface area contributed by atoms with Crippen LogP contribution in [0.2, 0.25) is 0 Å². The van der Waals surface area contributed by atoms with E-state index in [2.05, 4.69) is 23.6 Å². The van der Waals surface area contributed by atoms with E-state index in [4.69, 9.17) is 4.74 Å². The van der Waals surface area contributed by atoms with Crippen LogP contribution in [0.5, 0.6) is 0 Å². The Morgan fingerprint density at radius 1 is 0.781 bits per heavy atom. The maximum Gasteiger partial charge on any atom is 0.0751 e. The lowest BCUT2D eigenvalue weighted by molar-refractivity contribution is -0.158. The fraction of sp³-hybridized carbons (Fsp3) is 1.00. The van der Waals surface area contributed by atoms with Gasteiger partial charge in [0.25, 0.3) is 0 Å². The highest BCUT2D eigenvalue weighted by Gasteiger charge is 2.63. The highest BCUT2D eigenvalue weighted by atomic mass is 16.5. The summed E-state index contributed by atoms with van der Waals surface area (Å²) in [6.45, 7) is 11.0. The van der Waals surface area contributed by atoms with Crippen molar-refractivity contribution in [3.8, 4) is 0 Å². The molecule has 4 saturated carbocycles. The van der Waals surface area contributed by atoms with Gasteiger partial charge in [0.05, 0.1) is 25.4 Å². The molecule has 32 heavy (non-hydrogen) atoms. The second-order valence-electron chi connectivity index (χ2n) is 12.9. The number of aliphatic hydroxyl groups excluding tert-OH is 2. The molecule has 0 amide bonds. The van der Waals surface area contributed by atoms with Crippen LogP contribution < -0.4 is 0 Å². The van der Waals surface area contributed by atoms with Gasteiger partial charge >= 0.3 is 0 Å². The van der Waals surface area contributed by atoms with Gasteiger partial charge in [-0.15, -0.1) is 0 Å². The summed E-state index contributed by atoms with van der Waals surface area (Å²) in [7, 11) is 0. The Labute approximate surface area is 194 Å². The molecule has 6 fully saturated rings. The number of ether oxygens (including phenoxy) is 1. The number of morpholine rings is 1. The van der Waals surface area contributed by atoms with E-state index < -0.39 is 0 Å². The van der Waals surface area contributed by atoms with E-state index in [1.165, 1.54) is 58.0 Å². The van der Waals surface area contributed by atoms with E-state index in [1.807, 2.05) is 0 Å². The first-order valence-corrected chi connectivity index (χ1v) is 13.8. The Kier molecular flexibility index (Phi) is 5.70. The lowest BCUT2D eigenvalue weighted by Crippen LogP contribution is -2.61. The Balaban J connectivity index is 1.25. The zero-order valence-electron chi connectivity index (χ0n) is 20.4. The molecule has 0 radical (unpaired) electrons. The van der Waals surface area contributed by atoms with Crippen molar-refractivity contribution in [1.82, 2.24) is 9.80 Å². The molecular formula is C27H46N2O3. The Hall–Kier alpha value is -0.200. The van der Waals surface area contributed by atoms with Crippen LogP contribution in [0.15, 0.2) is 0 Å². The highest BCUT2D eigenvalue weighted by Crippen LogP contribution is 2.66. The predicted octanol–water partition coefficient (Wildman–Crippen LogP) is 3.14. The minimum atomic E-state index is -0.176. The zero-order valence-corrected chi connectivity index (χ0v) is 20.4. The molecular weight excluding hydrogens is 400 g/mol. The van der Waals surface area contributed by atoms with Gasteiger partial charge in [-0.25, -0.2) is 0 Å². The summed E-state index contributed by atoms with van der Waals surface area (Å²) in [6.07, 6.45) is 10.7. The van der Waals surface area contributed by atoms with Crippen molar-refractivity contribution < 1.29 is 14.9 Å². The van der Waals surface area contributed by atoms with Crippen LogP contribution in [-0.2, 0) is 4.74 Å². The number of hydrogen-bond donors (Lipinski definition) is 2. The van der Waals surface area contributed by atoms with Crippen molar-refractivity contribution in [2.75, 3.05) is 39.4 Å². The van der Waals surface area contributed by atoms with Crippen molar-refractivity contribution in [1.29, 1.82) is 0 Å². The normalized spacial score (nSPS) is 54.8. The predicted molar refractivity (Wildman–Crippen MR) is 125 cm³/mol. The number of aliphatic hydroxyl groups is 2. The second kappa shape index (κ2) is 8.19. The molecule has 0 aromatic carbocycles. The van der Waals surface area contributed by atoms with E-state index >= 15 is 0 Å². The van der Waals surface area contributed by atoms with Crippen molar-refractivity contribution in [3.05, 3.63) is 0 Å². The summed E-state index contributed by atoms with van der Waals surface area (Å²) in [5.41, 5.74) is 0.443. The molecule has 0 spiro atoms. The summed E-state index contributed by atoms with van der Waals surface area (Å²) < 4.78 is 5.61. The van der Waals surface area contributed by atoms with Gasteiger partial charge in [0.15, 0.2) is 0 Å². The van der Waals surface area contributed by atoms with Crippen molar-refractivity contribution in [2.24, 2.45) is 34.5 Å². The smallest absolute Gasteiger partial charge is 0.0751 e. The Bertz CT molecular complexity index is 692. The molecule has 2 N–H and O–H groups in total. The molecule has 0 aromatic heterocycles. The molecule has 2 aliphatic heterocycles. The summed E-state index contributed by atoms with van der Waals surface area (Å²) in [5.74, 6) is 2.87. The van der Waals surface area contributed by atoms with Gasteiger partial charge in [-0.1, -0.05) is 13.8 Å². The van der Waals surface area contributed by atoms with E-state index in [0.717, 1.165) is 51.0 Å². The molecule has 4 unspecified atom stereocenters. The van der Waals surface area contributed by atoms with Gasteiger partial charge < -0.3 is 14.9 Å². The minimum Gasteiger partial charge on any atom is -0.391 e. The second-order valence-corrected chi connectivity index (χ2v) is 12.9. The van der Waals surface area contributed by atoms with E-state index in [0.29, 0.717) is 29.3 Å². The maximum atomic E-state index is 11.5. The monoisotopic (exact) mass is 446 g/mol. The van der Waals surface area contributed by atoms with Gasteiger partial charge in [0.2, 0.25) is 0 Å². The van der Waals surface area contributed by atoms with E-state index in [1.54, 1.807) is 0 Å². The van der Waals surface area contributed by atoms with Crippen LogP contribution in [0, 0.1) is 34.5 Å². The third-order valence-corrected chi connectivity index (χ3v) is 11.8. The number of rotatable bonds is 2. The molecule has 0 aromatic rings. The number of nitrogens with zero attached hydrogens (tertiary/aromatic N) is 2. The fourth-order valence-corrected chi connectivity index (χ4v) is 9.97. The molecule has 182 valence electrons. The Morgan fingerprint density at radius 2 is 1.50 bits per heavy atom. The molecule has 6 rings (SSSR count). The third-order valence-electron chi connectivity index (χ3n) is 11.8. The van der Waals surface area contributed by atoms with Gasteiger partial charge in [-0.3, -0.25) is 9.80 Å². The van der Waals surface area contributed by atoms with Gasteiger partial charge in [-0.2, -0.15) is 0 Å². The number of fused-ring (bicyclic) bond motifs is 5. The molecule has 2 saturated heterocycles.